The lowest BCUT2D eigenvalue weighted by Gasteiger charge is -2.23. The Hall–Kier alpha value is -0.770. The van der Waals surface area contributed by atoms with E-state index in [-0.39, 0.29) is 12.1 Å². The van der Waals surface area contributed by atoms with E-state index in [9.17, 15) is 0 Å². The van der Waals surface area contributed by atoms with Gasteiger partial charge in [-0.1, -0.05) is 17.7 Å². The van der Waals surface area contributed by atoms with E-state index in [1.165, 1.54) is 0 Å². The van der Waals surface area contributed by atoms with E-state index in [4.69, 9.17) is 22.1 Å². The summed E-state index contributed by atoms with van der Waals surface area (Å²) in [6, 6.07) is 6.03. The maximum absolute atomic E-state index is 6.19. The Morgan fingerprint density at radius 1 is 1.35 bits per heavy atom. The van der Waals surface area contributed by atoms with Gasteiger partial charge in [-0.15, -0.1) is 0 Å². The third kappa shape index (κ3) is 3.87. The minimum Gasteiger partial charge on any atom is -0.489 e. The Morgan fingerprint density at radius 2 is 2.00 bits per heavy atom. The van der Waals surface area contributed by atoms with Crippen LogP contribution in [0.5, 0.6) is 5.75 Å². The van der Waals surface area contributed by atoms with Crippen molar-refractivity contribution in [3.8, 4) is 5.75 Å². The van der Waals surface area contributed by atoms with Gasteiger partial charge in [0, 0.05) is 12.6 Å². The van der Waals surface area contributed by atoms with E-state index in [0.717, 1.165) is 11.3 Å². The van der Waals surface area contributed by atoms with E-state index >= 15 is 0 Å². The minimum absolute atomic E-state index is 0.123. The van der Waals surface area contributed by atoms with Gasteiger partial charge in [0.25, 0.3) is 0 Å². The fraction of sp³-hybridized carbons (Fsp3) is 0.538. The molecule has 0 aliphatic carbocycles. The standard InChI is InChI=1S/C13H21ClN2O/c1-9(2)17-13-6-5-10(7-11(13)14)12(8-15)16(3)4/h5-7,9,12H,8,15H2,1-4H3. The summed E-state index contributed by atoms with van der Waals surface area (Å²) < 4.78 is 5.60. The Kier molecular flexibility index (Phi) is 5.25. The molecule has 1 rings (SSSR count). The van der Waals surface area contributed by atoms with E-state index < -0.39 is 0 Å². The van der Waals surface area contributed by atoms with Crippen LogP contribution in [0.15, 0.2) is 18.2 Å². The molecule has 3 nitrogen and oxygen atoms in total. The topological polar surface area (TPSA) is 38.5 Å². The van der Waals surface area contributed by atoms with E-state index in [1.807, 2.05) is 46.1 Å². The first-order valence-electron chi connectivity index (χ1n) is 5.78. The van der Waals surface area contributed by atoms with Crippen molar-refractivity contribution in [1.29, 1.82) is 0 Å². The van der Waals surface area contributed by atoms with Gasteiger partial charge < -0.3 is 15.4 Å². The predicted molar refractivity (Wildman–Crippen MR) is 72.7 cm³/mol. The summed E-state index contributed by atoms with van der Waals surface area (Å²) >= 11 is 6.19. The summed E-state index contributed by atoms with van der Waals surface area (Å²) in [6.45, 7) is 4.52. The van der Waals surface area contributed by atoms with Crippen LogP contribution in [0.4, 0.5) is 0 Å². The number of benzene rings is 1. The number of hydrogen-bond donors (Lipinski definition) is 1. The summed E-state index contributed by atoms with van der Waals surface area (Å²) in [7, 11) is 4.01. The molecular formula is C13H21ClN2O. The molecule has 0 saturated heterocycles. The lowest BCUT2D eigenvalue weighted by Crippen LogP contribution is -2.27. The smallest absolute Gasteiger partial charge is 0.138 e. The zero-order valence-electron chi connectivity index (χ0n) is 10.9. The molecule has 1 unspecified atom stereocenters. The molecule has 0 radical (unpaired) electrons. The first-order valence-corrected chi connectivity index (χ1v) is 6.16. The third-order valence-electron chi connectivity index (χ3n) is 2.55. The second kappa shape index (κ2) is 6.24. The number of nitrogens with zero attached hydrogens (tertiary/aromatic N) is 1. The molecule has 0 bridgehead atoms. The number of halogens is 1. The Bertz CT molecular complexity index is 366. The molecule has 4 heteroatoms. The fourth-order valence-corrected chi connectivity index (χ4v) is 1.95. The van der Waals surface area contributed by atoms with Crippen LogP contribution in [0.25, 0.3) is 0 Å². The summed E-state index contributed by atoms with van der Waals surface area (Å²) in [4.78, 5) is 2.08. The molecule has 0 saturated carbocycles. The van der Waals surface area contributed by atoms with Crippen LogP contribution in [0.2, 0.25) is 5.02 Å². The van der Waals surface area contributed by atoms with Crippen LogP contribution in [0.3, 0.4) is 0 Å². The van der Waals surface area contributed by atoms with Crippen molar-refractivity contribution in [3.63, 3.8) is 0 Å². The molecule has 2 N–H and O–H groups in total. The van der Waals surface area contributed by atoms with Gasteiger partial charge in [0.15, 0.2) is 0 Å². The van der Waals surface area contributed by atoms with Gasteiger partial charge in [0.1, 0.15) is 5.75 Å². The molecule has 0 amide bonds. The minimum atomic E-state index is 0.123. The number of hydrogen-bond acceptors (Lipinski definition) is 3. The fourth-order valence-electron chi connectivity index (χ4n) is 1.72. The maximum atomic E-state index is 6.19. The number of nitrogens with two attached hydrogens (primary N) is 1. The molecule has 1 atom stereocenters. The third-order valence-corrected chi connectivity index (χ3v) is 2.85. The Morgan fingerprint density at radius 3 is 2.41 bits per heavy atom. The van der Waals surface area contributed by atoms with Crippen LogP contribution < -0.4 is 10.5 Å². The summed E-state index contributed by atoms with van der Waals surface area (Å²) in [5, 5.41) is 0.636. The molecule has 0 aliphatic heterocycles. The number of likely N-dealkylation sites (N-methyl/N-ethyl adjacent to an activating group) is 1. The maximum Gasteiger partial charge on any atom is 0.138 e. The average Bonchev–Trinajstić information content (AvgIpc) is 2.22. The Labute approximate surface area is 109 Å². The van der Waals surface area contributed by atoms with Crippen molar-refractivity contribution in [1.82, 2.24) is 4.90 Å². The second-order valence-corrected chi connectivity index (χ2v) is 4.98. The monoisotopic (exact) mass is 256 g/mol. The van der Waals surface area contributed by atoms with Crippen molar-refractivity contribution in [2.45, 2.75) is 26.0 Å². The average molecular weight is 257 g/mol. The second-order valence-electron chi connectivity index (χ2n) is 4.57. The van der Waals surface area contributed by atoms with Gasteiger partial charge in [0.2, 0.25) is 0 Å². The summed E-state index contributed by atoms with van der Waals surface area (Å²) in [5.74, 6) is 0.722. The largest absolute Gasteiger partial charge is 0.489 e. The molecule has 0 fully saturated rings. The van der Waals surface area contributed by atoms with Crippen LogP contribution >= 0.6 is 11.6 Å². The molecule has 0 aromatic heterocycles. The van der Waals surface area contributed by atoms with E-state index in [0.29, 0.717) is 11.6 Å². The van der Waals surface area contributed by atoms with Crippen LogP contribution in [-0.4, -0.2) is 31.6 Å². The summed E-state index contributed by atoms with van der Waals surface area (Å²) in [5.41, 5.74) is 6.87. The van der Waals surface area contributed by atoms with Gasteiger partial charge in [-0.3, -0.25) is 0 Å². The van der Waals surface area contributed by atoms with Gasteiger partial charge in [-0.2, -0.15) is 0 Å². The lowest BCUT2D eigenvalue weighted by molar-refractivity contribution is 0.242. The molecule has 17 heavy (non-hydrogen) atoms. The van der Waals surface area contributed by atoms with E-state index in [1.54, 1.807) is 0 Å². The molecule has 0 aliphatic rings. The van der Waals surface area contributed by atoms with Gasteiger partial charge >= 0.3 is 0 Å². The SMILES string of the molecule is CC(C)Oc1ccc(C(CN)N(C)C)cc1Cl. The van der Waals surface area contributed by atoms with Crippen molar-refractivity contribution in [2.75, 3.05) is 20.6 Å². The highest BCUT2D eigenvalue weighted by atomic mass is 35.5. The molecule has 0 spiro atoms. The van der Waals surface area contributed by atoms with Gasteiger partial charge in [-0.25, -0.2) is 0 Å². The molecule has 96 valence electrons. The zero-order chi connectivity index (χ0) is 13.0. The predicted octanol–water partition coefficient (Wildman–Crippen LogP) is 2.69. The normalized spacial score (nSPS) is 13.2. The highest BCUT2D eigenvalue weighted by Gasteiger charge is 2.14. The quantitative estimate of drug-likeness (QED) is 0.880. The number of rotatable bonds is 5. The molecule has 1 aromatic rings. The van der Waals surface area contributed by atoms with Crippen LogP contribution in [0.1, 0.15) is 25.5 Å². The van der Waals surface area contributed by atoms with Crippen molar-refractivity contribution >= 4 is 11.6 Å². The van der Waals surface area contributed by atoms with Gasteiger partial charge in [0.05, 0.1) is 11.1 Å². The van der Waals surface area contributed by atoms with Crippen molar-refractivity contribution in [3.05, 3.63) is 28.8 Å². The first-order chi connectivity index (χ1) is 7.95. The lowest BCUT2D eigenvalue weighted by atomic mass is 10.1. The van der Waals surface area contributed by atoms with Crippen LogP contribution in [0, 0.1) is 0 Å². The highest BCUT2D eigenvalue weighted by molar-refractivity contribution is 6.32. The van der Waals surface area contributed by atoms with Crippen molar-refractivity contribution < 1.29 is 4.74 Å². The summed E-state index contributed by atoms with van der Waals surface area (Å²) in [6.07, 6.45) is 0.123. The first kappa shape index (κ1) is 14.3. The molecule has 1 aromatic carbocycles. The highest BCUT2D eigenvalue weighted by Crippen LogP contribution is 2.29. The Balaban J connectivity index is 2.95. The van der Waals surface area contributed by atoms with Crippen LogP contribution in [-0.2, 0) is 0 Å². The van der Waals surface area contributed by atoms with Crippen molar-refractivity contribution in [2.24, 2.45) is 5.73 Å². The van der Waals surface area contributed by atoms with Gasteiger partial charge in [-0.05, 0) is 45.6 Å². The molecular weight excluding hydrogens is 236 g/mol. The van der Waals surface area contributed by atoms with E-state index in [2.05, 4.69) is 4.90 Å². The zero-order valence-corrected chi connectivity index (χ0v) is 11.7. The number of ether oxygens (including phenoxy) is 1. The molecule has 0 heterocycles.